The second-order valence-electron chi connectivity index (χ2n) is 3.98. The third-order valence-corrected chi connectivity index (χ3v) is 5.06. The van der Waals surface area contributed by atoms with Gasteiger partial charge in [0.1, 0.15) is 10.0 Å². The van der Waals surface area contributed by atoms with E-state index in [0.717, 1.165) is 12.8 Å². The maximum atomic E-state index is 12.1. The highest BCUT2D eigenvalue weighted by Crippen LogP contribution is 2.22. The fourth-order valence-electron chi connectivity index (χ4n) is 1.48. The minimum Gasteiger partial charge on any atom is -0.242 e. The molecule has 1 rings (SSSR count). The Labute approximate surface area is 121 Å². The molecule has 1 heterocycles. The van der Waals surface area contributed by atoms with E-state index in [-0.39, 0.29) is 10.0 Å². The molecule has 0 spiro atoms. The Bertz CT molecular complexity index is 504. The molecule has 0 aliphatic heterocycles. The van der Waals surface area contributed by atoms with Crippen LogP contribution in [0.2, 0.25) is 5.15 Å². The maximum Gasteiger partial charge on any atom is 0.243 e. The summed E-state index contributed by atoms with van der Waals surface area (Å²) in [5.74, 6) is 0.332. The Morgan fingerprint density at radius 2 is 2.06 bits per heavy atom. The zero-order valence-corrected chi connectivity index (χ0v) is 13.4. The Kier molecular flexibility index (Phi) is 6.04. The molecule has 0 amide bonds. The summed E-state index contributed by atoms with van der Waals surface area (Å²) in [5, 5.41) is -0.0183. The van der Waals surface area contributed by atoms with Gasteiger partial charge in [0.25, 0.3) is 0 Å². The number of pyridine rings is 1. The van der Waals surface area contributed by atoms with Gasteiger partial charge in [-0.2, -0.15) is 0 Å². The van der Waals surface area contributed by atoms with Crippen molar-refractivity contribution in [2.75, 3.05) is 6.54 Å². The normalized spacial score (nSPS) is 12.1. The van der Waals surface area contributed by atoms with E-state index in [4.69, 9.17) is 11.6 Å². The van der Waals surface area contributed by atoms with E-state index >= 15 is 0 Å². The van der Waals surface area contributed by atoms with E-state index in [2.05, 4.69) is 25.6 Å². The second-order valence-corrected chi connectivity index (χ2v) is 6.99. The van der Waals surface area contributed by atoms with Crippen LogP contribution in [0, 0.1) is 5.92 Å². The molecule has 18 heavy (non-hydrogen) atoms. The largest absolute Gasteiger partial charge is 0.243 e. The number of aromatic nitrogens is 1. The predicted molar refractivity (Wildman–Crippen MR) is 76.2 cm³/mol. The van der Waals surface area contributed by atoms with Crippen molar-refractivity contribution in [2.24, 2.45) is 5.92 Å². The summed E-state index contributed by atoms with van der Waals surface area (Å²) >= 11 is 9.00. The highest BCUT2D eigenvalue weighted by Gasteiger charge is 2.20. The number of halogens is 2. The molecule has 102 valence electrons. The van der Waals surface area contributed by atoms with Crippen molar-refractivity contribution in [1.82, 2.24) is 9.71 Å². The molecule has 1 aromatic heterocycles. The minimum absolute atomic E-state index is 0.00416. The molecule has 0 bridgehead atoms. The van der Waals surface area contributed by atoms with Crippen LogP contribution in [-0.4, -0.2) is 19.9 Å². The number of nitrogens with one attached hydrogen (secondary N) is 1. The molecule has 0 radical (unpaired) electrons. The van der Waals surface area contributed by atoms with Gasteiger partial charge in [-0.15, -0.1) is 0 Å². The fraction of sp³-hybridized carbons (Fsp3) is 0.545. The third-order valence-electron chi connectivity index (χ3n) is 2.78. The van der Waals surface area contributed by atoms with Crippen LogP contribution in [-0.2, 0) is 10.0 Å². The first-order valence-electron chi connectivity index (χ1n) is 5.71. The van der Waals surface area contributed by atoms with Crippen molar-refractivity contribution < 1.29 is 8.42 Å². The number of rotatable bonds is 6. The van der Waals surface area contributed by atoms with Crippen molar-refractivity contribution in [3.8, 4) is 0 Å². The summed E-state index contributed by atoms with van der Waals surface area (Å²) in [6, 6.07) is 1.45. The van der Waals surface area contributed by atoms with Gasteiger partial charge in [0.05, 0.1) is 0 Å². The Hall–Kier alpha value is -0.170. The molecule has 0 fully saturated rings. The molecular formula is C11H16BrClN2O2S. The Morgan fingerprint density at radius 1 is 1.44 bits per heavy atom. The van der Waals surface area contributed by atoms with Crippen LogP contribution in [0.1, 0.15) is 26.7 Å². The molecule has 0 unspecified atom stereocenters. The van der Waals surface area contributed by atoms with Crippen molar-refractivity contribution in [3.63, 3.8) is 0 Å². The van der Waals surface area contributed by atoms with Gasteiger partial charge in [0, 0.05) is 17.2 Å². The number of sulfonamides is 1. The lowest BCUT2D eigenvalue weighted by molar-refractivity contribution is 0.479. The van der Waals surface area contributed by atoms with Gasteiger partial charge in [-0.1, -0.05) is 38.3 Å². The average molecular weight is 356 g/mol. The quantitative estimate of drug-likeness (QED) is 0.797. The van der Waals surface area contributed by atoms with E-state index in [1.807, 2.05) is 13.8 Å². The summed E-state index contributed by atoms with van der Waals surface area (Å²) in [6.45, 7) is 4.49. The first-order valence-corrected chi connectivity index (χ1v) is 8.36. The summed E-state index contributed by atoms with van der Waals surface area (Å²) in [7, 11) is -3.60. The van der Waals surface area contributed by atoms with Crippen LogP contribution < -0.4 is 4.72 Å². The maximum absolute atomic E-state index is 12.1. The number of hydrogen-bond donors (Lipinski definition) is 1. The Balaban J connectivity index is 2.89. The molecule has 0 aromatic carbocycles. The van der Waals surface area contributed by atoms with Crippen molar-refractivity contribution in [1.29, 1.82) is 0 Å². The number of nitrogens with zero attached hydrogens (tertiary/aromatic N) is 1. The number of hydrogen-bond acceptors (Lipinski definition) is 3. The molecule has 0 atom stereocenters. The molecule has 1 aromatic rings. The summed E-state index contributed by atoms with van der Waals surface area (Å²) in [5.41, 5.74) is 0. The minimum atomic E-state index is -3.60. The van der Waals surface area contributed by atoms with Gasteiger partial charge in [0.2, 0.25) is 10.0 Å². The fourth-order valence-corrected chi connectivity index (χ4v) is 3.53. The molecule has 0 aliphatic carbocycles. The van der Waals surface area contributed by atoms with Crippen molar-refractivity contribution >= 4 is 37.6 Å². The van der Waals surface area contributed by atoms with Crippen LogP contribution in [0.5, 0.6) is 0 Å². The van der Waals surface area contributed by atoms with Gasteiger partial charge in [-0.25, -0.2) is 18.1 Å². The van der Waals surface area contributed by atoms with Crippen LogP contribution in [0.3, 0.4) is 0 Å². The summed E-state index contributed by atoms with van der Waals surface area (Å²) in [4.78, 5) is 3.82. The first kappa shape index (κ1) is 15.9. The second kappa shape index (κ2) is 6.84. The first-order chi connectivity index (χ1) is 8.40. The van der Waals surface area contributed by atoms with E-state index in [1.165, 1.54) is 12.3 Å². The SMILES string of the molecule is CCC(CC)CNS(=O)(=O)c1cc(Br)cnc1Cl. The molecule has 0 saturated heterocycles. The van der Waals surface area contributed by atoms with Gasteiger partial charge >= 0.3 is 0 Å². The van der Waals surface area contributed by atoms with Crippen LogP contribution >= 0.6 is 27.5 Å². The molecule has 4 nitrogen and oxygen atoms in total. The highest BCUT2D eigenvalue weighted by atomic mass is 79.9. The molecule has 0 saturated carbocycles. The van der Waals surface area contributed by atoms with E-state index < -0.39 is 10.0 Å². The van der Waals surface area contributed by atoms with Crippen molar-refractivity contribution in [3.05, 3.63) is 21.9 Å². The lowest BCUT2D eigenvalue weighted by atomic mass is 10.0. The lowest BCUT2D eigenvalue weighted by Gasteiger charge is -2.14. The molecule has 0 aliphatic rings. The van der Waals surface area contributed by atoms with E-state index in [1.54, 1.807) is 0 Å². The standard InChI is InChI=1S/C11H16BrClN2O2S/c1-3-8(4-2)6-15-18(16,17)10-5-9(12)7-14-11(10)13/h5,7-8,15H,3-4,6H2,1-2H3. The third kappa shape index (κ3) is 4.19. The smallest absolute Gasteiger partial charge is 0.242 e. The van der Waals surface area contributed by atoms with Crippen LogP contribution in [0.15, 0.2) is 21.6 Å². The molecule has 7 heteroatoms. The summed E-state index contributed by atoms with van der Waals surface area (Å²) in [6.07, 6.45) is 3.33. The van der Waals surface area contributed by atoms with Gasteiger partial charge in [-0.05, 0) is 27.9 Å². The zero-order chi connectivity index (χ0) is 13.8. The van der Waals surface area contributed by atoms with Gasteiger partial charge in [0.15, 0.2) is 0 Å². The molecule has 1 N–H and O–H groups in total. The van der Waals surface area contributed by atoms with Crippen LogP contribution in [0.25, 0.3) is 0 Å². The predicted octanol–water partition coefficient (Wildman–Crippen LogP) is 3.21. The lowest BCUT2D eigenvalue weighted by Crippen LogP contribution is -2.29. The Morgan fingerprint density at radius 3 is 2.61 bits per heavy atom. The van der Waals surface area contributed by atoms with Gasteiger partial charge < -0.3 is 0 Å². The summed E-state index contributed by atoms with van der Waals surface area (Å²) < 4.78 is 27.3. The zero-order valence-electron chi connectivity index (χ0n) is 10.3. The van der Waals surface area contributed by atoms with Crippen molar-refractivity contribution in [2.45, 2.75) is 31.6 Å². The van der Waals surface area contributed by atoms with Gasteiger partial charge in [-0.3, -0.25) is 0 Å². The average Bonchev–Trinajstić information content (AvgIpc) is 2.33. The molecular weight excluding hydrogens is 340 g/mol. The van der Waals surface area contributed by atoms with Crippen LogP contribution in [0.4, 0.5) is 0 Å². The van der Waals surface area contributed by atoms with E-state index in [0.29, 0.717) is 16.9 Å². The highest BCUT2D eigenvalue weighted by molar-refractivity contribution is 9.10. The monoisotopic (exact) mass is 354 g/mol. The van der Waals surface area contributed by atoms with E-state index in [9.17, 15) is 8.42 Å². The topological polar surface area (TPSA) is 59.1 Å².